The monoisotopic (exact) mass is 413 g/mol. The molecule has 0 bridgehead atoms. The van der Waals surface area contributed by atoms with E-state index in [4.69, 9.17) is 4.99 Å². The third-order valence-electron chi connectivity index (χ3n) is 5.47. The Bertz CT molecular complexity index is 758. The van der Waals surface area contributed by atoms with Crippen molar-refractivity contribution in [2.24, 2.45) is 4.99 Å². The maximum atomic E-state index is 4.80. The lowest BCUT2D eigenvalue weighted by molar-refractivity contribution is 0.134. The average molecular weight is 414 g/mol. The zero-order valence-electron chi connectivity index (χ0n) is 18.0. The lowest BCUT2D eigenvalue weighted by Gasteiger charge is -2.38. The van der Waals surface area contributed by atoms with Crippen LogP contribution in [0.15, 0.2) is 40.7 Å². The molecule has 0 saturated carbocycles. The van der Waals surface area contributed by atoms with Crippen molar-refractivity contribution in [3.8, 4) is 0 Å². The Hall–Kier alpha value is -1.92. The van der Waals surface area contributed by atoms with Gasteiger partial charge in [-0.1, -0.05) is 37.3 Å². The fourth-order valence-corrected chi connectivity index (χ4v) is 4.61. The van der Waals surface area contributed by atoms with Crippen LogP contribution in [0.3, 0.4) is 0 Å². The molecule has 2 unspecified atom stereocenters. The first-order chi connectivity index (χ1) is 14.2. The molecule has 2 N–H and O–H groups in total. The number of aromatic nitrogens is 1. The molecule has 0 spiro atoms. The van der Waals surface area contributed by atoms with E-state index in [1.807, 2.05) is 0 Å². The van der Waals surface area contributed by atoms with Crippen LogP contribution < -0.4 is 10.6 Å². The molecule has 2 heterocycles. The van der Waals surface area contributed by atoms with E-state index in [0.717, 1.165) is 63.5 Å². The first-order valence-corrected chi connectivity index (χ1v) is 11.8. The molecule has 1 aliphatic rings. The minimum atomic E-state index is 0.473. The lowest BCUT2D eigenvalue weighted by Crippen LogP contribution is -2.51. The van der Waals surface area contributed by atoms with Gasteiger partial charge in [-0.25, -0.2) is 4.98 Å². The number of aliphatic imine (C=N–C) groups is 1. The SMILES string of the molecule is CCNC(=NCCc1csc(CC)n1)NC1CCN(Cc2ccccc2)C(C)C1. The molecule has 3 rings (SSSR count). The molecule has 2 aromatic rings. The molecule has 2 atom stereocenters. The highest BCUT2D eigenvalue weighted by atomic mass is 32.1. The molecule has 1 aromatic carbocycles. The van der Waals surface area contributed by atoms with Gasteiger partial charge in [0.15, 0.2) is 5.96 Å². The van der Waals surface area contributed by atoms with Gasteiger partial charge in [0.25, 0.3) is 0 Å². The van der Waals surface area contributed by atoms with Crippen molar-refractivity contribution in [2.75, 3.05) is 19.6 Å². The van der Waals surface area contributed by atoms with Gasteiger partial charge in [0, 0.05) is 50.1 Å². The second kappa shape index (κ2) is 11.3. The van der Waals surface area contributed by atoms with Crippen LogP contribution in [0.1, 0.15) is 49.9 Å². The number of aryl methyl sites for hydroxylation is 1. The molecule has 29 heavy (non-hydrogen) atoms. The van der Waals surface area contributed by atoms with Crippen molar-refractivity contribution >= 4 is 17.3 Å². The molecule has 0 amide bonds. The third kappa shape index (κ3) is 6.82. The van der Waals surface area contributed by atoms with E-state index < -0.39 is 0 Å². The standard InChI is InChI=1S/C23H35N5S/c1-4-22-26-21(17-29-22)11-13-25-23(24-5-2)27-20-12-14-28(18(3)15-20)16-19-9-7-6-8-10-19/h6-10,17-18,20H,4-5,11-16H2,1-3H3,(H2,24,25,27). The Morgan fingerprint density at radius 3 is 2.79 bits per heavy atom. The van der Waals surface area contributed by atoms with Crippen LogP contribution in [0.5, 0.6) is 0 Å². The highest BCUT2D eigenvalue weighted by Gasteiger charge is 2.25. The summed E-state index contributed by atoms with van der Waals surface area (Å²) in [5.41, 5.74) is 2.56. The number of benzene rings is 1. The van der Waals surface area contributed by atoms with Crippen molar-refractivity contribution in [3.05, 3.63) is 52.0 Å². The number of likely N-dealkylation sites (tertiary alicyclic amines) is 1. The van der Waals surface area contributed by atoms with Crippen LogP contribution in [-0.2, 0) is 19.4 Å². The fraction of sp³-hybridized carbons (Fsp3) is 0.565. The summed E-state index contributed by atoms with van der Waals surface area (Å²) in [6.45, 7) is 10.4. The van der Waals surface area contributed by atoms with E-state index in [2.05, 4.69) is 77.0 Å². The number of thiazole rings is 1. The Morgan fingerprint density at radius 1 is 1.28 bits per heavy atom. The molecule has 0 aliphatic carbocycles. The molecule has 1 saturated heterocycles. The van der Waals surface area contributed by atoms with Gasteiger partial charge in [-0.3, -0.25) is 9.89 Å². The Labute approximate surface area is 179 Å². The van der Waals surface area contributed by atoms with E-state index in [-0.39, 0.29) is 0 Å². The van der Waals surface area contributed by atoms with Crippen LogP contribution in [0.25, 0.3) is 0 Å². The first kappa shape index (κ1) is 21.8. The summed E-state index contributed by atoms with van der Waals surface area (Å²) in [4.78, 5) is 12.0. The number of piperidine rings is 1. The molecule has 1 aromatic heterocycles. The number of nitrogens with one attached hydrogen (secondary N) is 2. The molecule has 158 valence electrons. The van der Waals surface area contributed by atoms with E-state index in [9.17, 15) is 0 Å². The second-order valence-electron chi connectivity index (χ2n) is 7.77. The summed E-state index contributed by atoms with van der Waals surface area (Å²) in [5.74, 6) is 0.937. The van der Waals surface area contributed by atoms with Gasteiger partial charge in [-0.05, 0) is 38.7 Å². The number of hydrogen-bond acceptors (Lipinski definition) is 4. The summed E-state index contributed by atoms with van der Waals surface area (Å²) in [5, 5.41) is 10.5. The average Bonchev–Trinajstić information content (AvgIpc) is 3.19. The van der Waals surface area contributed by atoms with Crippen LogP contribution in [0.2, 0.25) is 0 Å². The number of nitrogens with zero attached hydrogens (tertiary/aromatic N) is 3. The maximum Gasteiger partial charge on any atom is 0.191 e. The van der Waals surface area contributed by atoms with E-state index in [0.29, 0.717) is 12.1 Å². The quantitative estimate of drug-likeness (QED) is 0.510. The first-order valence-electron chi connectivity index (χ1n) is 10.9. The van der Waals surface area contributed by atoms with Gasteiger partial charge in [-0.2, -0.15) is 0 Å². The fourth-order valence-electron chi connectivity index (χ4n) is 3.83. The molecule has 6 heteroatoms. The number of guanidine groups is 1. The largest absolute Gasteiger partial charge is 0.357 e. The van der Waals surface area contributed by atoms with E-state index in [1.54, 1.807) is 11.3 Å². The van der Waals surface area contributed by atoms with Crippen molar-refractivity contribution in [1.82, 2.24) is 20.5 Å². The van der Waals surface area contributed by atoms with Gasteiger partial charge in [-0.15, -0.1) is 11.3 Å². The lowest BCUT2D eigenvalue weighted by atomic mass is 9.97. The smallest absolute Gasteiger partial charge is 0.191 e. The predicted octanol–water partition coefficient (Wildman–Crippen LogP) is 3.86. The minimum Gasteiger partial charge on any atom is -0.357 e. The number of rotatable bonds is 8. The normalized spacial score (nSPS) is 20.6. The minimum absolute atomic E-state index is 0.473. The molecule has 5 nitrogen and oxygen atoms in total. The third-order valence-corrected chi connectivity index (χ3v) is 6.51. The Morgan fingerprint density at radius 2 is 2.10 bits per heavy atom. The Kier molecular flexibility index (Phi) is 8.50. The summed E-state index contributed by atoms with van der Waals surface area (Å²) in [6, 6.07) is 11.8. The summed E-state index contributed by atoms with van der Waals surface area (Å²) >= 11 is 1.75. The highest BCUT2D eigenvalue weighted by Crippen LogP contribution is 2.20. The zero-order chi connectivity index (χ0) is 20.5. The molecule has 1 aliphatic heterocycles. The zero-order valence-corrected chi connectivity index (χ0v) is 18.8. The summed E-state index contributed by atoms with van der Waals surface area (Å²) in [6.07, 6.45) is 4.20. The van der Waals surface area contributed by atoms with Crippen molar-refractivity contribution in [1.29, 1.82) is 0 Å². The topological polar surface area (TPSA) is 52.6 Å². The van der Waals surface area contributed by atoms with Crippen molar-refractivity contribution in [2.45, 2.75) is 65.1 Å². The molecular formula is C23H35N5S. The van der Waals surface area contributed by atoms with Crippen molar-refractivity contribution in [3.63, 3.8) is 0 Å². The van der Waals surface area contributed by atoms with Gasteiger partial charge in [0.05, 0.1) is 10.7 Å². The summed E-state index contributed by atoms with van der Waals surface area (Å²) in [7, 11) is 0. The summed E-state index contributed by atoms with van der Waals surface area (Å²) < 4.78 is 0. The van der Waals surface area contributed by atoms with Gasteiger partial charge in [0.2, 0.25) is 0 Å². The molecule has 1 fully saturated rings. The second-order valence-corrected chi connectivity index (χ2v) is 8.71. The van der Waals surface area contributed by atoms with Gasteiger partial charge >= 0.3 is 0 Å². The maximum absolute atomic E-state index is 4.80. The van der Waals surface area contributed by atoms with Crippen molar-refractivity contribution < 1.29 is 0 Å². The van der Waals surface area contributed by atoms with Gasteiger partial charge < -0.3 is 10.6 Å². The molecule has 0 radical (unpaired) electrons. The van der Waals surface area contributed by atoms with Crippen LogP contribution in [-0.4, -0.2) is 47.6 Å². The highest BCUT2D eigenvalue weighted by molar-refractivity contribution is 7.09. The van der Waals surface area contributed by atoms with Crippen LogP contribution in [0.4, 0.5) is 0 Å². The van der Waals surface area contributed by atoms with Crippen LogP contribution >= 0.6 is 11.3 Å². The molecular weight excluding hydrogens is 378 g/mol. The van der Waals surface area contributed by atoms with Gasteiger partial charge in [0.1, 0.15) is 0 Å². The van der Waals surface area contributed by atoms with E-state index in [1.165, 1.54) is 10.6 Å². The van der Waals surface area contributed by atoms with Crippen LogP contribution in [0, 0.1) is 0 Å². The predicted molar refractivity (Wildman–Crippen MR) is 124 cm³/mol. The Balaban J connectivity index is 1.48. The van der Waals surface area contributed by atoms with E-state index >= 15 is 0 Å². The number of hydrogen-bond donors (Lipinski definition) is 2.